The van der Waals surface area contributed by atoms with E-state index >= 15 is 0 Å². The number of aromatic nitrogens is 1. The maximum Gasteiger partial charge on any atom is 0.315 e. The number of halogens is 1. The fourth-order valence-electron chi connectivity index (χ4n) is 6.36. The van der Waals surface area contributed by atoms with Gasteiger partial charge in [0, 0.05) is 61.0 Å². The van der Waals surface area contributed by atoms with Gasteiger partial charge in [-0.2, -0.15) is 0 Å². The van der Waals surface area contributed by atoms with Crippen LogP contribution in [-0.2, 0) is 12.0 Å². The summed E-state index contributed by atoms with van der Waals surface area (Å²) in [6.07, 6.45) is 6.55. The van der Waals surface area contributed by atoms with E-state index in [1.165, 1.54) is 22.3 Å². The van der Waals surface area contributed by atoms with Gasteiger partial charge in [0.25, 0.3) is 0 Å². The largest absolute Gasteiger partial charge is 0.335 e. The molecule has 2 amide bonds. The van der Waals surface area contributed by atoms with Gasteiger partial charge in [-0.15, -0.1) is 0 Å². The SMILES string of the molecule is O=C(NCc1ccncc1)NC1CCN(CC23CC(c4ccccc42)c2ccc(Cl)cc23)CC1. The van der Waals surface area contributed by atoms with E-state index in [1.807, 2.05) is 18.2 Å². The molecule has 2 heterocycles. The van der Waals surface area contributed by atoms with Crippen LogP contribution in [0.4, 0.5) is 4.79 Å². The molecule has 1 aliphatic heterocycles. The number of carbonyl (C=O) groups excluding carboxylic acids is 1. The Kier molecular flexibility index (Phi) is 5.54. The number of pyridine rings is 1. The maximum atomic E-state index is 12.4. The number of hydrogen-bond donors (Lipinski definition) is 2. The quantitative estimate of drug-likeness (QED) is 0.559. The molecule has 34 heavy (non-hydrogen) atoms. The van der Waals surface area contributed by atoms with Gasteiger partial charge in [0.15, 0.2) is 0 Å². The van der Waals surface area contributed by atoms with Crippen LogP contribution in [0.15, 0.2) is 67.0 Å². The number of hydrogen-bond acceptors (Lipinski definition) is 3. The van der Waals surface area contributed by atoms with Gasteiger partial charge in [-0.3, -0.25) is 4.98 Å². The number of benzene rings is 2. The van der Waals surface area contributed by atoms with E-state index in [9.17, 15) is 4.79 Å². The van der Waals surface area contributed by atoms with Gasteiger partial charge in [0.05, 0.1) is 0 Å². The highest BCUT2D eigenvalue weighted by molar-refractivity contribution is 6.30. The van der Waals surface area contributed by atoms with Crippen LogP contribution in [0, 0.1) is 0 Å². The second kappa shape index (κ2) is 8.71. The molecular weight excluding hydrogens is 444 g/mol. The fraction of sp³-hybridized carbons (Fsp3) is 0.357. The highest BCUT2D eigenvalue weighted by Crippen LogP contribution is 2.60. The number of urea groups is 1. The Bertz CT molecular complexity index is 1210. The van der Waals surface area contributed by atoms with E-state index in [0.717, 1.165) is 49.5 Å². The van der Waals surface area contributed by atoms with Crippen molar-refractivity contribution >= 4 is 17.6 Å². The van der Waals surface area contributed by atoms with Gasteiger partial charge in [0.2, 0.25) is 0 Å². The maximum absolute atomic E-state index is 12.4. The van der Waals surface area contributed by atoms with Gasteiger partial charge in [-0.1, -0.05) is 41.9 Å². The van der Waals surface area contributed by atoms with Crippen molar-refractivity contribution in [2.24, 2.45) is 0 Å². The van der Waals surface area contributed by atoms with Gasteiger partial charge in [0.1, 0.15) is 0 Å². The Labute approximate surface area is 205 Å². The van der Waals surface area contributed by atoms with Gasteiger partial charge in [-0.05, 0) is 71.3 Å². The summed E-state index contributed by atoms with van der Waals surface area (Å²) in [7, 11) is 0. The smallest absolute Gasteiger partial charge is 0.315 e. The van der Waals surface area contributed by atoms with E-state index in [-0.39, 0.29) is 17.5 Å². The summed E-state index contributed by atoms with van der Waals surface area (Å²) in [6.45, 7) is 3.49. The van der Waals surface area contributed by atoms with Gasteiger partial charge < -0.3 is 15.5 Å². The van der Waals surface area contributed by atoms with Crippen LogP contribution in [0.25, 0.3) is 0 Å². The van der Waals surface area contributed by atoms with E-state index in [2.05, 4.69) is 56.9 Å². The zero-order chi connectivity index (χ0) is 23.1. The fourth-order valence-corrected chi connectivity index (χ4v) is 6.53. The Morgan fingerprint density at radius 1 is 1.03 bits per heavy atom. The van der Waals surface area contributed by atoms with Crippen molar-refractivity contribution in [1.29, 1.82) is 0 Å². The monoisotopic (exact) mass is 472 g/mol. The molecule has 2 atom stereocenters. The van der Waals surface area contributed by atoms with E-state index in [4.69, 9.17) is 11.6 Å². The lowest BCUT2D eigenvalue weighted by Crippen LogP contribution is -2.50. The van der Waals surface area contributed by atoms with Crippen LogP contribution in [-0.4, -0.2) is 41.6 Å². The van der Waals surface area contributed by atoms with Gasteiger partial charge in [-0.25, -0.2) is 4.79 Å². The summed E-state index contributed by atoms with van der Waals surface area (Å²) in [5.74, 6) is 0.478. The first kappa shape index (κ1) is 21.6. The number of amides is 2. The second-order valence-corrected chi connectivity index (χ2v) is 10.3. The Hall–Kier alpha value is -2.89. The predicted molar refractivity (Wildman–Crippen MR) is 134 cm³/mol. The molecule has 5 nitrogen and oxygen atoms in total. The third kappa shape index (κ3) is 3.77. The van der Waals surface area contributed by atoms with Crippen molar-refractivity contribution in [2.45, 2.75) is 43.2 Å². The van der Waals surface area contributed by atoms with Crippen LogP contribution >= 0.6 is 11.6 Å². The summed E-state index contributed by atoms with van der Waals surface area (Å²) in [4.78, 5) is 19.0. The van der Waals surface area contributed by atoms with Crippen molar-refractivity contribution < 1.29 is 4.79 Å². The summed E-state index contributed by atoms with van der Waals surface area (Å²) >= 11 is 6.46. The van der Waals surface area contributed by atoms with Crippen molar-refractivity contribution in [3.8, 4) is 0 Å². The van der Waals surface area contributed by atoms with E-state index in [1.54, 1.807) is 12.4 Å². The van der Waals surface area contributed by atoms with Crippen LogP contribution in [0.2, 0.25) is 5.02 Å². The molecule has 2 aliphatic carbocycles. The average molecular weight is 473 g/mol. The highest BCUT2D eigenvalue weighted by Gasteiger charge is 2.53. The molecule has 0 radical (unpaired) electrons. The Morgan fingerprint density at radius 2 is 1.79 bits per heavy atom. The lowest BCUT2D eigenvalue weighted by atomic mass is 9.74. The molecule has 174 valence electrons. The van der Waals surface area contributed by atoms with Crippen LogP contribution in [0.5, 0.6) is 0 Å². The lowest BCUT2D eigenvalue weighted by molar-refractivity contribution is 0.169. The minimum Gasteiger partial charge on any atom is -0.335 e. The number of carbonyl (C=O) groups is 1. The average Bonchev–Trinajstić information content (AvgIpc) is 3.36. The summed E-state index contributed by atoms with van der Waals surface area (Å²) in [5.41, 5.74) is 6.89. The molecule has 3 aromatic rings. The molecule has 2 aromatic carbocycles. The second-order valence-electron chi connectivity index (χ2n) is 9.89. The number of fused-ring (bicyclic) bond motifs is 8. The molecule has 6 rings (SSSR count). The van der Waals surface area contributed by atoms with E-state index < -0.39 is 0 Å². The molecule has 1 fully saturated rings. The normalized spacial score (nSPS) is 23.4. The molecule has 0 spiro atoms. The first-order valence-corrected chi connectivity index (χ1v) is 12.6. The van der Waals surface area contributed by atoms with Crippen LogP contribution < -0.4 is 10.6 Å². The number of nitrogens with zero attached hydrogens (tertiary/aromatic N) is 2. The van der Waals surface area contributed by atoms with Crippen LogP contribution in [0.1, 0.15) is 53.0 Å². The third-order valence-electron chi connectivity index (χ3n) is 7.93. The lowest BCUT2D eigenvalue weighted by Gasteiger charge is -2.40. The standard InChI is InChI=1S/C28H29ClN4O/c29-20-5-6-23-24-16-28(26(23)15-20,25-4-2-1-3-22(24)25)18-33-13-9-21(10-14-33)32-27(34)31-17-19-7-11-30-12-8-19/h1-8,11-12,15,21,24H,9-10,13-14,16-18H2,(H2,31,32,34). The molecular formula is C28H29ClN4O. The Morgan fingerprint density at radius 3 is 2.62 bits per heavy atom. The van der Waals surface area contributed by atoms with Crippen molar-refractivity contribution in [2.75, 3.05) is 19.6 Å². The Balaban J connectivity index is 1.11. The summed E-state index contributed by atoms with van der Waals surface area (Å²) in [5, 5.41) is 6.95. The zero-order valence-electron chi connectivity index (χ0n) is 19.1. The molecule has 2 unspecified atom stereocenters. The first-order chi connectivity index (χ1) is 16.6. The van der Waals surface area contributed by atoms with Crippen molar-refractivity contribution in [3.63, 3.8) is 0 Å². The topological polar surface area (TPSA) is 57.3 Å². The number of nitrogens with one attached hydrogen (secondary N) is 2. The third-order valence-corrected chi connectivity index (χ3v) is 8.16. The highest BCUT2D eigenvalue weighted by atomic mass is 35.5. The summed E-state index contributed by atoms with van der Waals surface area (Å²) < 4.78 is 0. The predicted octanol–water partition coefficient (Wildman–Crippen LogP) is 4.83. The molecule has 0 saturated carbocycles. The van der Waals surface area contributed by atoms with Gasteiger partial charge >= 0.3 is 6.03 Å². The number of rotatable bonds is 5. The number of piperidine rings is 1. The molecule has 1 aromatic heterocycles. The molecule has 2 bridgehead atoms. The minimum absolute atomic E-state index is 0.0175. The summed E-state index contributed by atoms with van der Waals surface area (Å²) in [6, 6.07) is 19.4. The number of likely N-dealkylation sites (tertiary alicyclic amines) is 1. The minimum atomic E-state index is -0.0965. The zero-order valence-corrected chi connectivity index (χ0v) is 19.9. The van der Waals surface area contributed by atoms with Crippen LogP contribution in [0.3, 0.4) is 0 Å². The molecule has 6 heteroatoms. The molecule has 3 aliphatic rings. The van der Waals surface area contributed by atoms with Crippen molar-refractivity contribution in [1.82, 2.24) is 20.5 Å². The molecule has 2 N–H and O–H groups in total. The molecule has 1 saturated heterocycles. The first-order valence-electron chi connectivity index (χ1n) is 12.2. The van der Waals surface area contributed by atoms with E-state index in [0.29, 0.717) is 12.5 Å². The van der Waals surface area contributed by atoms with Crippen molar-refractivity contribution in [3.05, 3.63) is 99.8 Å².